The van der Waals surface area contributed by atoms with Crippen molar-refractivity contribution in [1.82, 2.24) is 0 Å². The second-order valence-electron chi connectivity index (χ2n) is 6.41. The van der Waals surface area contributed by atoms with Gasteiger partial charge in [-0.15, -0.1) is 0 Å². The number of fused-ring (bicyclic) bond motifs is 1. The van der Waals surface area contributed by atoms with Crippen LogP contribution in [0.15, 0.2) is 18.2 Å². The zero-order valence-corrected chi connectivity index (χ0v) is 10.3. The van der Waals surface area contributed by atoms with Crippen molar-refractivity contribution in [3.8, 4) is 0 Å². The van der Waals surface area contributed by atoms with Crippen molar-refractivity contribution in [1.29, 1.82) is 0 Å². The molecule has 0 bridgehead atoms. The summed E-state index contributed by atoms with van der Waals surface area (Å²) in [6, 6.07) is 6.49. The molecule has 0 atom stereocenters. The number of rotatable bonds is 0. The topological polar surface area (TPSA) is 17.1 Å². The van der Waals surface area contributed by atoms with E-state index in [-0.39, 0.29) is 10.8 Å². The number of Topliss-reactive ketones (excluding diaryl/α,β-unsaturated/α-hetero) is 1. The molecule has 16 heavy (non-hydrogen) atoms. The Hall–Kier alpha value is -1.11. The molecule has 3 rings (SSSR count). The lowest BCUT2D eigenvalue weighted by Crippen LogP contribution is -2.13. The van der Waals surface area contributed by atoms with Crippen LogP contribution in [-0.4, -0.2) is 5.78 Å². The summed E-state index contributed by atoms with van der Waals surface area (Å²) in [4.78, 5) is 12.3. The van der Waals surface area contributed by atoms with E-state index in [1.165, 1.54) is 11.1 Å². The van der Waals surface area contributed by atoms with Gasteiger partial charge in [0.15, 0.2) is 5.78 Å². The van der Waals surface area contributed by atoms with E-state index >= 15 is 0 Å². The summed E-state index contributed by atoms with van der Waals surface area (Å²) >= 11 is 0. The number of ketones is 1. The van der Waals surface area contributed by atoms with Crippen LogP contribution in [0, 0.1) is 5.41 Å². The van der Waals surface area contributed by atoms with Crippen LogP contribution >= 0.6 is 0 Å². The number of benzene rings is 1. The molecular weight excluding hydrogens is 196 g/mol. The van der Waals surface area contributed by atoms with Crippen LogP contribution in [0.4, 0.5) is 0 Å². The van der Waals surface area contributed by atoms with Gasteiger partial charge in [-0.2, -0.15) is 0 Å². The molecule has 1 heteroatoms. The van der Waals surface area contributed by atoms with Crippen LogP contribution in [0.3, 0.4) is 0 Å². The molecule has 1 saturated carbocycles. The van der Waals surface area contributed by atoms with E-state index in [2.05, 4.69) is 39.0 Å². The predicted molar refractivity (Wildman–Crippen MR) is 64.8 cm³/mol. The van der Waals surface area contributed by atoms with Gasteiger partial charge in [0.05, 0.1) is 0 Å². The molecule has 1 aromatic carbocycles. The largest absolute Gasteiger partial charge is 0.294 e. The minimum Gasteiger partial charge on any atom is -0.294 e. The van der Waals surface area contributed by atoms with Gasteiger partial charge < -0.3 is 0 Å². The first-order valence-corrected chi connectivity index (χ1v) is 6.11. The number of hydrogen-bond donors (Lipinski definition) is 0. The van der Waals surface area contributed by atoms with Crippen LogP contribution < -0.4 is 0 Å². The van der Waals surface area contributed by atoms with Crippen molar-refractivity contribution >= 4 is 5.78 Å². The fraction of sp³-hybridized carbons (Fsp3) is 0.533. The van der Waals surface area contributed by atoms with Gasteiger partial charge in [-0.05, 0) is 41.9 Å². The molecule has 1 aromatic rings. The quantitative estimate of drug-likeness (QED) is 0.646. The van der Waals surface area contributed by atoms with Crippen molar-refractivity contribution in [3.05, 3.63) is 34.9 Å². The van der Waals surface area contributed by atoms with Crippen molar-refractivity contribution in [2.75, 3.05) is 0 Å². The maximum absolute atomic E-state index is 12.3. The molecule has 0 unspecified atom stereocenters. The van der Waals surface area contributed by atoms with Crippen molar-refractivity contribution < 1.29 is 4.79 Å². The first-order valence-electron chi connectivity index (χ1n) is 6.11. The van der Waals surface area contributed by atoms with Crippen LogP contribution in [0.5, 0.6) is 0 Å². The van der Waals surface area contributed by atoms with Gasteiger partial charge in [0.25, 0.3) is 0 Å². The third-order valence-electron chi connectivity index (χ3n) is 4.08. The van der Waals surface area contributed by atoms with Gasteiger partial charge in [0.2, 0.25) is 0 Å². The molecule has 0 amide bonds. The Morgan fingerprint density at radius 1 is 1.19 bits per heavy atom. The Morgan fingerprint density at radius 2 is 1.88 bits per heavy atom. The van der Waals surface area contributed by atoms with Crippen LogP contribution in [-0.2, 0) is 11.8 Å². The molecule has 2 aliphatic carbocycles. The zero-order valence-electron chi connectivity index (χ0n) is 10.3. The first-order chi connectivity index (χ1) is 7.42. The van der Waals surface area contributed by atoms with Gasteiger partial charge in [-0.1, -0.05) is 32.9 Å². The minimum absolute atomic E-state index is 0.0405. The highest BCUT2D eigenvalue weighted by atomic mass is 16.1. The zero-order chi connectivity index (χ0) is 11.6. The molecule has 84 valence electrons. The van der Waals surface area contributed by atoms with Crippen molar-refractivity contribution in [3.63, 3.8) is 0 Å². The summed E-state index contributed by atoms with van der Waals surface area (Å²) < 4.78 is 0. The maximum atomic E-state index is 12.3. The molecular formula is C15H18O. The van der Waals surface area contributed by atoms with Crippen LogP contribution in [0.1, 0.15) is 55.1 Å². The fourth-order valence-electron chi connectivity index (χ4n) is 2.69. The summed E-state index contributed by atoms with van der Waals surface area (Å²) in [7, 11) is 0. The van der Waals surface area contributed by atoms with Gasteiger partial charge >= 0.3 is 0 Å². The lowest BCUT2D eigenvalue weighted by molar-refractivity contribution is 0.0919. The second-order valence-corrected chi connectivity index (χ2v) is 6.41. The molecule has 2 aliphatic rings. The third kappa shape index (κ3) is 1.27. The third-order valence-corrected chi connectivity index (χ3v) is 4.08. The lowest BCUT2D eigenvalue weighted by Gasteiger charge is -2.19. The molecule has 0 aliphatic heterocycles. The van der Waals surface area contributed by atoms with Crippen molar-refractivity contribution in [2.24, 2.45) is 5.41 Å². The molecule has 0 radical (unpaired) electrons. The summed E-state index contributed by atoms with van der Waals surface area (Å²) in [5.74, 6) is 0.411. The Labute approximate surface area is 96.9 Å². The molecule has 0 saturated heterocycles. The number of carbonyl (C=O) groups excluding carboxylic acids is 1. The maximum Gasteiger partial charge on any atom is 0.169 e. The Balaban J connectivity index is 2.08. The van der Waals surface area contributed by atoms with Crippen LogP contribution in [0.25, 0.3) is 0 Å². The molecule has 0 aromatic heterocycles. The average Bonchev–Trinajstić information content (AvgIpc) is 2.90. The smallest absolute Gasteiger partial charge is 0.169 e. The lowest BCUT2D eigenvalue weighted by atomic mass is 9.85. The molecule has 1 nitrogen and oxygen atoms in total. The summed E-state index contributed by atoms with van der Waals surface area (Å²) in [5, 5.41) is 0. The Morgan fingerprint density at radius 3 is 2.44 bits per heavy atom. The Bertz CT molecular complexity index is 473. The predicted octanol–water partition coefficient (Wildman–Crippen LogP) is 3.50. The number of hydrogen-bond acceptors (Lipinski definition) is 1. The average molecular weight is 214 g/mol. The van der Waals surface area contributed by atoms with Gasteiger partial charge in [-0.3, -0.25) is 4.79 Å². The number of carbonyl (C=O) groups is 1. The standard InChI is InChI=1S/C15H18O/c1-14(2,3)11-5-4-10-9-15(6-7-15)13(16)12(10)8-11/h4-5,8H,6-7,9H2,1-3H3. The van der Waals surface area contributed by atoms with E-state index in [1.807, 2.05) is 0 Å². The van der Waals surface area contributed by atoms with E-state index in [9.17, 15) is 4.79 Å². The van der Waals surface area contributed by atoms with E-state index < -0.39 is 0 Å². The monoisotopic (exact) mass is 214 g/mol. The highest BCUT2D eigenvalue weighted by Gasteiger charge is 2.54. The summed E-state index contributed by atoms with van der Waals surface area (Å²) in [6.07, 6.45) is 3.20. The second kappa shape index (κ2) is 2.77. The van der Waals surface area contributed by atoms with Crippen LogP contribution in [0.2, 0.25) is 0 Å². The molecule has 0 heterocycles. The molecule has 1 fully saturated rings. The van der Waals surface area contributed by atoms with Gasteiger partial charge in [0, 0.05) is 11.0 Å². The van der Waals surface area contributed by atoms with E-state index in [1.54, 1.807) is 0 Å². The highest BCUT2D eigenvalue weighted by molar-refractivity contribution is 6.06. The highest BCUT2D eigenvalue weighted by Crippen LogP contribution is 2.55. The normalized spacial score (nSPS) is 21.3. The summed E-state index contributed by atoms with van der Waals surface area (Å²) in [5.41, 5.74) is 3.73. The first kappa shape index (κ1) is 10.1. The fourth-order valence-corrected chi connectivity index (χ4v) is 2.69. The van der Waals surface area contributed by atoms with E-state index in [4.69, 9.17) is 0 Å². The molecule has 1 spiro atoms. The minimum atomic E-state index is 0.0405. The Kier molecular flexibility index (Phi) is 1.74. The van der Waals surface area contributed by atoms with Gasteiger partial charge in [0.1, 0.15) is 0 Å². The van der Waals surface area contributed by atoms with Gasteiger partial charge in [-0.25, -0.2) is 0 Å². The van der Waals surface area contributed by atoms with E-state index in [0.29, 0.717) is 5.78 Å². The SMILES string of the molecule is CC(C)(C)c1ccc2c(c1)C(=O)C1(CC1)C2. The molecule has 0 N–H and O–H groups in total. The van der Waals surface area contributed by atoms with Crippen molar-refractivity contribution in [2.45, 2.75) is 45.4 Å². The summed E-state index contributed by atoms with van der Waals surface area (Å²) in [6.45, 7) is 6.59. The van der Waals surface area contributed by atoms with E-state index in [0.717, 1.165) is 24.8 Å².